The molecule has 4 rings (SSSR count). The van der Waals surface area contributed by atoms with Gasteiger partial charge in [0.05, 0.1) is 12.5 Å². The summed E-state index contributed by atoms with van der Waals surface area (Å²) in [5.74, 6) is 2.42. The van der Waals surface area contributed by atoms with Crippen LogP contribution in [-0.2, 0) is 4.79 Å². The summed E-state index contributed by atoms with van der Waals surface area (Å²) in [4.78, 5) is 10.7. The van der Waals surface area contributed by atoms with Crippen LogP contribution in [0.2, 0.25) is 0 Å². The molecule has 2 N–H and O–H groups in total. The van der Waals surface area contributed by atoms with E-state index in [1.807, 2.05) is 0 Å². The van der Waals surface area contributed by atoms with Gasteiger partial charge >= 0.3 is 5.97 Å². The quantitative estimate of drug-likeness (QED) is 0.769. The first-order chi connectivity index (χ1) is 7.63. The van der Waals surface area contributed by atoms with Crippen LogP contribution in [0.25, 0.3) is 0 Å². The van der Waals surface area contributed by atoms with E-state index in [1.54, 1.807) is 0 Å². The van der Waals surface area contributed by atoms with Gasteiger partial charge in [-0.05, 0) is 61.7 Å². The maximum absolute atomic E-state index is 10.7. The number of carbonyl (C=O) groups is 1. The first-order valence-electron chi connectivity index (χ1n) is 6.53. The van der Waals surface area contributed by atoms with Gasteiger partial charge in [0.15, 0.2) is 0 Å². The van der Waals surface area contributed by atoms with Gasteiger partial charge in [-0.25, -0.2) is 0 Å². The zero-order valence-electron chi connectivity index (χ0n) is 9.51. The molecule has 3 heteroatoms. The number of carboxylic acids is 1. The maximum atomic E-state index is 10.7. The Morgan fingerprint density at radius 1 is 1.06 bits per heavy atom. The van der Waals surface area contributed by atoms with E-state index in [-0.39, 0.29) is 12.3 Å². The highest BCUT2D eigenvalue weighted by Crippen LogP contribution is 2.57. The Bertz CT molecular complexity index is 272. The molecule has 4 bridgehead atoms. The van der Waals surface area contributed by atoms with Gasteiger partial charge in [-0.1, -0.05) is 0 Å². The smallest absolute Gasteiger partial charge is 0.305 e. The SMILES string of the molecule is O=C(O)CC(O)C1C2CC3CC(C2)CC1C3. The lowest BCUT2D eigenvalue weighted by Gasteiger charge is -2.55. The summed E-state index contributed by atoms with van der Waals surface area (Å²) < 4.78 is 0. The summed E-state index contributed by atoms with van der Waals surface area (Å²) in [5.41, 5.74) is 0. The van der Waals surface area contributed by atoms with Gasteiger partial charge in [-0.3, -0.25) is 4.79 Å². The van der Waals surface area contributed by atoms with Crippen LogP contribution in [0.3, 0.4) is 0 Å². The Kier molecular flexibility index (Phi) is 2.46. The molecule has 0 aliphatic heterocycles. The number of rotatable bonds is 3. The van der Waals surface area contributed by atoms with Crippen molar-refractivity contribution in [3.8, 4) is 0 Å². The Morgan fingerprint density at radius 3 is 2.00 bits per heavy atom. The largest absolute Gasteiger partial charge is 0.481 e. The molecule has 0 aromatic carbocycles. The number of aliphatic carboxylic acids is 1. The van der Waals surface area contributed by atoms with Crippen molar-refractivity contribution in [2.75, 3.05) is 0 Å². The van der Waals surface area contributed by atoms with Crippen LogP contribution < -0.4 is 0 Å². The van der Waals surface area contributed by atoms with E-state index >= 15 is 0 Å². The highest BCUT2D eigenvalue weighted by atomic mass is 16.4. The molecular weight excluding hydrogens is 204 g/mol. The number of aliphatic hydroxyl groups excluding tert-OH is 1. The minimum atomic E-state index is -0.860. The van der Waals surface area contributed by atoms with Crippen molar-refractivity contribution >= 4 is 5.97 Å². The highest BCUT2D eigenvalue weighted by Gasteiger charge is 2.50. The van der Waals surface area contributed by atoms with Crippen LogP contribution >= 0.6 is 0 Å². The molecule has 1 unspecified atom stereocenters. The second-order valence-corrected chi connectivity index (χ2v) is 6.17. The van der Waals surface area contributed by atoms with Gasteiger partial charge in [-0.15, -0.1) is 0 Å². The van der Waals surface area contributed by atoms with E-state index in [9.17, 15) is 9.90 Å². The van der Waals surface area contributed by atoms with Crippen LogP contribution in [-0.4, -0.2) is 22.3 Å². The normalized spacial score (nSPS) is 46.9. The van der Waals surface area contributed by atoms with Crippen LogP contribution in [0.15, 0.2) is 0 Å². The Labute approximate surface area is 95.9 Å². The fourth-order valence-corrected chi connectivity index (χ4v) is 4.91. The van der Waals surface area contributed by atoms with Crippen molar-refractivity contribution in [2.45, 2.75) is 44.6 Å². The minimum Gasteiger partial charge on any atom is -0.481 e. The number of aliphatic hydroxyl groups is 1. The molecule has 4 saturated carbocycles. The van der Waals surface area contributed by atoms with Gasteiger partial charge in [0.1, 0.15) is 0 Å². The molecule has 0 heterocycles. The van der Waals surface area contributed by atoms with Gasteiger partial charge < -0.3 is 10.2 Å². The molecule has 4 aliphatic carbocycles. The van der Waals surface area contributed by atoms with Gasteiger partial charge in [0, 0.05) is 0 Å². The minimum absolute atomic E-state index is 0.0625. The van der Waals surface area contributed by atoms with Crippen LogP contribution in [0.5, 0.6) is 0 Å². The summed E-state index contributed by atoms with van der Waals surface area (Å²) in [6.07, 6.45) is 5.71. The van der Waals surface area contributed by atoms with Crippen molar-refractivity contribution in [3.05, 3.63) is 0 Å². The number of carboxylic acid groups (broad SMARTS) is 1. The van der Waals surface area contributed by atoms with E-state index < -0.39 is 12.1 Å². The summed E-state index contributed by atoms with van der Waals surface area (Å²) in [7, 11) is 0. The fraction of sp³-hybridized carbons (Fsp3) is 0.923. The molecule has 3 nitrogen and oxygen atoms in total. The first kappa shape index (κ1) is 10.6. The molecular formula is C13H20O3. The van der Waals surface area contributed by atoms with Crippen molar-refractivity contribution in [1.29, 1.82) is 0 Å². The second-order valence-electron chi connectivity index (χ2n) is 6.17. The van der Waals surface area contributed by atoms with Gasteiger partial charge in [0.25, 0.3) is 0 Å². The second kappa shape index (κ2) is 3.73. The highest BCUT2D eigenvalue weighted by molar-refractivity contribution is 5.67. The Morgan fingerprint density at radius 2 is 1.56 bits per heavy atom. The molecule has 0 aromatic rings. The lowest BCUT2D eigenvalue weighted by Crippen LogP contribution is -2.49. The van der Waals surface area contributed by atoms with Crippen molar-refractivity contribution in [3.63, 3.8) is 0 Å². The molecule has 0 spiro atoms. The third kappa shape index (κ3) is 1.65. The lowest BCUT2D eigenvalue weighted by atomic mass is 9.50. The maximum Gasteiger partial charge on any atom is 0.305 e. The molecule has 0 amide bonds. The van der Waals surface area contributed by atoms with Crippen LogP contribution in [0, 0.1) is 29.6 Å². The average molecular weight is 224 g/mol. The predicted octanol–water partition coefficient (Wildman–Crippen LogP) is 1.89. The standard InChI is InChI=1S/C13H20O3/c14-11(6-12(15)16)13-9-2-7-1-8(4-9)5-10(13)3-7/h7-11,13-14H,1-6H2,(H,15,16). The lowest BCUT2D eigenvalue weighted by molar-refractivity contribution is -0.144. The van der Waals surface area contributed by atoms with Crippen molar-refractivity contribution < 1.29 is 15.0 Å². The average Bonchev–Trinajstić information content (AvgIpc) is 2.13. The molecule has 4 fully saturated rings. The molecule has 0 radical (unpaired) electrons. The van der Waals surface area contributed by atoms with Crippen molar-refractivity contribution in [2.24, 2.45) is 29.6 Å². The summed E-state index contributed by atoms with van der Waals surface area (Å²) >= 11 is 0. The Balaban J connectivity index is 1.73. The van der Waals surface area contributed by atoms with Crippen LogP contribution in [0.4, 0.5) is 0 Å². The third-order valence-electron chi connectivity index (χ3n) is 5.13. The van der Waals surface area contributed by atoms with Gasteiger partial charge in [0.2, 0.25) is 0 Å². The fourth-order valence-electron chi connectivity index (χ4n) is 4.91. The molecule has 0 aromatic heterocycles. The third-order valence-corrected chi connectivity index (χ3v) is 5.13. The van der Waals surface area contributed by atoms with E-state index in [1.165, 1.54) is 32.1 Å². The first-order valence-corrected chi connectivity index (χ1v) is 6.53. The molecule has 90 valence electrons. The monoisotopic (exact) mass is 224 g/mol. The van der Waals surface area contributed by atoms with E-state index in [2.05, 4.69) is 0 Å². The Hall–Kier alpha value is -0.570. The van der Waals surface area contributed by atoms with E-state index in [0.29, 0.717) is 11.8 Å². The van der Waals surface area contributed by atoms with Crippen LogP contribution in [0.1, 0.15) is 38.5 Å². The zero-order valence-corrected chi connectivity index (χ0v) is 9.51. The summed E-state index contributed by atoms with van der Waals surface area (Å²) in [5, 5.41) is 18.8. The van der Waals surface area contributed by atoms with Gasteiger partial charge in [-0.2, -0.15) is 0 Å². The topological polar surface area (TPSA) is 57.5 Å². The zero-order chi connectivity index (χ0) is 11.3. The predicted molar refractivity (Wildman–Crippen MR) is 58.8 cm³/mol. The number of hydrogen-bond acceptors (Lipinski definition) is 2. The molecule has 1 atom stereocenters. The molecule has 0 saturated heterocycles. The molecule has 16 heavy (non-hydrogen) atoms. The van der Waals surface area contributed by atoms with Crippen molar-refractivity contribution in [1.82, 2.24) is 0 Å². The summed E-state index contributed by atoms with van der Waals surface area (Å²) in [6.45, 7) is 0. The summed E-state index contributed by atoms with van der Waals surface area (Å²) in [6, 6.07) is 0. The molecule has 4 aliphatic rings. The number of hydrogen-bond donors (Lipinski definition) is 2. The van der Waals surface area contributed by atoms with E-state index in [0.717, 1.165) is 11.8 Å². The van der Waals surface area contributed by atoms with E-state index in [4.69, 9.17) is 5.11 Å².